The number of nitrogens with two attached hydrogens (primary N) is 1. The lowest BCUT2D eigenvalue weighted by Gasteiger charge is -2.02. The van der Waals surface area contributed by atoms with Crippen LogP contribution in [0.25, 0.3) is 6.08 Å². The SMILES string of the molecule is COC(=O)C(=Cc1ccc(Cl)cc1)CN.Cl. The summed E-state index contributed by atoms with van der Waals surface area (Å²) in [5.74, 6) is -0.410. The second-order valence-corrected chi connectivity index (χ2v) is 3.35. The summed E-state index contributed by atoms with van der Waals surface area (Å²) in [6, 6.07) is 7.11. The Morgan fingerprint density at radius 2 is 2.00 bits per heavy atom. The Morgan fingerprint density at radius 1 is 1.44 bits per heavy atom. The molecule has 0 saturated heterocycles. The highest BCUT2D eigenvalue weighted by Gasteiger charge is 2.06. The maximum absolute atomic E-state index is 11.2. The molecule has 0 unspecified atom stereocenters. The molecule has 0 spiro atoms. The first-order valence-electron chi connectivity index (χ1n) is 4.42. The molecule has 3 nitrogen and oxygen atoms in total. The molecule has 88 valence electrons. The summed E-state index contributed by atoms with van der Waals surface area (Å²) in [7, 11) is 1.33. The van der Waals surface area contributed by atoms with E-state index < -0.39 is 5.97 Å². The van der Waals surface area contributed by atoms with Gasteiger partial charge in [0, 0.05) is 11.6 Å². The molecule has 0 aromatic heterocycles. The number of carbonyl (C=O) groups is 1. The summed E-state index contributed by atoms with van der Waals surface area (Å²) in [6.07, 6.45) is 1.68. The first kappa shape index (κ1) is 15.0. The number of benzene rings is 1. The summed E-state index contributed by atoms with van der Waals surface area (Å²) in [5, 5.41) is 0.652. The average molecular weight is 262 g/mol. The molecule has 0 aliphatic heterocycles. The van der Waals surface area contributed by atoms with Gasteiger partial charge in [-0.3, -0.25) is 0 Å². The summed E-state index contributed by atoms with van der Waals surface area (Å²) in [5.41, 5.74) is 6.73. The number of rotatable bonds is 3. The van der Waals surface area contributed by atoms with E-state index in [1.807, 2.05) is 0 Å². The molecule has 0 fully saturated rings. The Morgan fingerprint density at radius 3 is 2.44 bits per heavy atom. The van der Waals surface area contributed by atoms with E-state index in [1.165, 1.54) is 7.11 Å². The molecule has 2 N–H and O–H groups in total. The zero-order chi connectivity index (χ0) is 11.3. The fourth-order valence-electron chi connectivity index (χ4n) is 1.09. The van der Waals surface area contributed by atoms with Crippen LogP contribution in [0.5, 0.6) is 0 Å². The van der Waals surface area contributed by atoms with Crippen LogP contribution in [0.3, 0.4) is 0 Å². The van der Waals surface area contributed by atoms with Crippen LogP contribution in [0.15, 0.2) is 29.8 Å². The first-order chi connectivity index (χ1) is 7.17. The van der Waals surface area contributed by atoms with Gasteiger partial charge in [-0.1, -0.05) is 23.7 Å². The third-order valence-electron chi connectivity index (χ3n) is 1.88. The third-order valence-corrected chi connectivity index (χ3v) is 2.13. The van der Waals surface area contributed by atoms with Crippen LogP contribution in [0, 0.1) is 0 Å². The normalized spacial score (nSPS) is 10.6. The molecule has 5 heteroatoms. The van der Waals surface area contributed by atoms with E-state index in [0.29, 0.717) is 10.6 Å². The summed E-state index contributed by atoms with van der Waals surface area (Å²) < 4.78 is 4.59. The van der Waals surface area contributed by atoms with Crippen LogP contribution in [-0.2, 0) is 9.53 Å². The monoisotopic (exact) mass is 261 g/mol. The molecule has 1 aromatic rings. The van der Waals surface area contributed by atoms with Crippen LogP contribution < -0.4 is 5.73 Å². The van der Waals surface area contributed by atoms with E-state index >= 15 is 0 Å². The van der Waals surface area contributed by atoms with Crippen LogP contribution in [0.4, 0.5) is 0 Å². The van der Waals surface area contributed by atoms with E-state index in [2.05, 4.69) is 4.74 Å². The van der Waals surface area contributed by atoms with Gasteiger partial charge in [-0.25, -0.2) is 4.79 Å². The fraction of sp³-hybridized carbons (Fsp3) is 0.182. The van der Waals surface area contributed by atoms with Crippen molar-refractivity contribution >= 4 is 36.1 Å². The zero-order valence-electron chi connectivity index (χ0n) is 8.77. The number of esters is 1. The molecule has 0 heterocycles. The topological polar surface area (TPSA) is 52.3 Å². The van der Waals surface area contributed by atoms with Crippen molar-refractivity contribution in [2.45, 2.75) is 0 Å². The Hall–Kier alpha value is -1.03. The fourth-order valence-corrected chi connectivity index (χ4v) is 1.22. The van der Waals surface area contributed by atoms with E-state index in [-0.39, 0.29) is 19.0 Å². The maximum Gasteiger partial charge on any atom is 0.335 e. The highest BCUT2D eigenvalue weighted by molar-refractivity contribution is 6.30. The van der Waals surface area contributed by atoms with Gasteiger partial charge in [0.05, 0.1) is 12.7 Å². The summed E-state index contributed by atoms with van der Waals surface area (Å²) in [4.78, 5) is 11.2. The summed E-state index contributed by atoms with van der Waals surface area (Å²) >= 11 is 5.73. The molecule has 0 bridgehead atoms. The van der Waals surface area contributed by atoms with E-state index in [1.54, 1.807) is 30.3 Å². The predicted octanol–water partition coefficient (Wildman–Crippen LogP) is 2.28. The number of carbonyl (C=O) groups excluding carboxylic acids is 1. The van der Waals surface area contributed by atoms with Gasteiger partial charge in [0.2, 0.25) is 0 Å². The molecule has 1 aromatic carbocycles. The van der Waals surface area contributed by atoms with Crippen molar-refractivity contribution < 1.29 is 9.53 Å². The van der Waals surface area contributed by atoms with Crippen LogP contribution >= 0.6 is 24.0 Å². The van der Waals surface area contributed by atoms with Crippen LogP contribution in [-0.4, -0.2) is 19.6 Å². The minimum atomic E-state index is -0.410. The number of ether oxygens (including phenoxy) is 1. The van der Waals surface area contributed by atoms with Crippen molar-refractivity contribution in [1.29, 1.82) is 0 Å². The van der Waals surface area contributed by atoms with Crippen molar-refractivity contribution in [3.63, 3.8) is 0 Å². The highest BCUT2D eigenvalue weighted by Crippen LogP contribution is 2.12. The van der Waals surface area contributed by atoms with Gasteiger partial charge in [0.1, 0.15) is 0 Å². The van der Waals surface area contributed by atoms with Crippen molar-refractivity contribution in [1.82, 2.24) is 0 Å². The molecule has 0 aliphatic rings. The minimum Gasteiger partial charge on any atom is -0.466 e. The van der Waals surface area contributed by atoms with Crippen LogP contribution in [0.1, 0.15) is 5.56 Å². The second kappa shape index (κ2) is 7.28. The first-order valence-corrected chi connectivity index (χ1v) is 4.79. The number of hydrogen-bond donors (Lipinski definition) is 1. The smallest absolute Gasteiger partial charge is 0.335 e. The molecular weight excluding hydrogens is 249 g/mol. The molecular formula is C11H13Cl2NO2. The number of halogens is 2. The van der Waals surface area contributed by atoms with Gasteiger partial charge in [0.25, 0.3) is 0 Å². The number of methoxy groups -OCH3 is 1. The van der Waals surface area contributed by atoms with Gasteiger partial charge >= 0.3 is 5.97 Å². The van der Waals surface area contributed by atoms with Crippen molar-refractivity contribution in [3.8, 4) is 0 Å². The predicted molar refractivity (Wildman–Crippen MR) is 67.7 cm³/mol. The third kappa shape index (κ3) is 4.23. The van der Waals surface area contributed by atoms with Gasteiger partial charge in [0.15, 0.2) is 0 Å². The molecule has 0 atom stereocenters. The Kier molecular flexibility index (Phi) is 6.81. The molecule has 0 amide bonds. The quantitative estimate of drug-likeness (QED) is 0.671. The average Bonchev–Trinajstić information content (AvgIpc) is 2.27. The minimum absolute atomic E-state index is 0. The highest BCUT2D eigenvalue weighted by atomic mass is 35.5. The lowest BCUT2D eigenvalue weighted by molar-refractivity contribution is -0.136. The van der Waals surface area contributed by atoms with Gasteiger partial charge in [-0.2, -0.15) is 0 Å². The van der Waals surface area contributed by atoms with Crippen LogP contribution in [0.2, 0.25) is 5.02 Å². The van der Waals surface area contributed by atoms with Crippen molar-refractivity contribution in [2.24, 2.45) is 5.73 Å². The summed E-state index contributed by atoms with van der Waals surface area (Å²) in [6.45, 7) is 0.148. The Bertz CT molecular complexity index is 374. The maximum atomic E-state index is 11.2. The van der Waals surface area contributed by atoms with E-state index in [4.69, 9.17) is 17.3 Å². The van der Waals surface area contributed by atoms with Gasteiger partial charge < -0.3 is 10.5 Å². The molecule has 0 aliphatic carbocycles. The largest absolute Gasteiger partial charge is 0.466 e. The zero-order valence-corrected chi connectivity index (χ0v) is 10.3. The molecule has 0 radical (unpaired) electrons. The molecule has 1 rings (SSSR count). The Balaban J connectivity index is 0.00000225. The second-order valence-electron chi connectivity index (χ2n) is 2.92. The van der Waals surface area contributed by atoms with Crippen molar-refractivity contribution in [2.75, 3.05) is 13.7 Å². The van der Waals surface area contributed by atoms with E-state index in [9.17, 15) is 4.79 Å². The number of hydrogen-bond acceptors (Lipinski definition) is 3. The van der Waals surface area contributed by atoms with Gasteiger partial charge in [-0.05, 0) is 23.8 Å². The standard InChI is InChI=1S/C11H12ClNO2.ClH/c1-15-11(14)9(7-13)6-8-2-4-10(12)5-3-8;/h2-6H,7,13H2,1H3;1H. The Labute approximate surface area is 106 Å². The van der Waals surface area contributed by atoms with E-state index in [0.717, 1.165) is 5.56 Å². The molecule has 0 saturated carbocycles. The van der Waals surface area contributed by atoms with Gasteiger partial charge in [-0.15, -0.1) is 12.4 Å². The molecule has 16 heavy (non-hydrogen) atoms. The van der Waals surface area contributed by atoms with Crippen molar-refractivity contribution in [3.05, 3.63) is 40.4 Å². The lowest BCUT2D eigenvalue weighted by Crippen LogP contribution is -2.13. The lowest BCUT2D eigenvalue weighted by atomic mass is 10.1.